The van der Waals surface area contributed by atoms with Crippen LogP contribution in [0.1, 0.15) is 18.5 Å². The monoisotopic (exact) mass is 347 g/mol. The number of aromatic nitrogens is 1. The number of nitrogens with zero attached hydrogens (tertiary/aromatic N) is 1. The lowest BCUT2D eigenvalue weighted by molar-refractivity contribution is 0.0265. The van der Waals surface area contributed by atoms with E-state index in [9.17, 15) is 0 Å². The third kappa shape index (κ3) is 3.05. The third-order valence-corrected chi connectivity index (χ3v) is 4.84. The van der Waals surface area contributed by atoms with Crippen LogP contribution in [0.4, 0.5) is 0 Å². The van der Waals surface area contributed by atoms with E-state index >= 15 is 0 Å². The SMILES string of the molecule is BrCC1(Cc2ccc(Br)cn2)CCOCC1. The van der Waals surface area contributed by atoms with E-state index in [2.05, 4.69) is 49.0 Å². The molecule has 0 spiro atoms. The first-order valence-electron chi connectivity index (χ1n) is 5.48. The van der Waals surface area contributed by atoms with Crippen molar-refractivity contribution in [3.63, 3.8) is 0 Å². The molecule has 0 atom stereocenters. The Morgan fingerprint density at radius 2 is 2.06 bits per heavy atom. The van der Waals surface area contributed by atoms with Crippen molar-refractivity contribution >= 4 is 31.9 Å². The van der Waals surface area contributed by atoms with Crippen LogP contribution in [0.5, 0.6) is 0 Å². The number of pyridine rings is 1. The van der Waals surface area contributed by atoms with E-state index in [1.54, 1.807) is 0 Å². The number of ether oxygens (including phenoxy) is 1. The molecule has 2 heterocycles. The summed E-state index contributed by atoms with van der Waals surface area (Å²) < 4.78 is 6.47. The van der Waals surface area contributed by atoms with E-state index in [1.807, 2.05) is 6.20 Å². The van der Waals surface area contributed by atoms with E-state index < -0.39 is 0 Å². The highest BCUT2D eigenvalue weighted by atomic mass is 79.9. The minimum absolute atomic E-state index is 0.332. The second-order valence-corrected chi connectivity index (χ2v) is 5.87. The maximum atomic E-state index is 5.43. The van der Waals surface area contributed by atoms with Crippen LogP contribution in [0, 0.1) is 5.41 Å². The zero-order chi connectivity index (χ0) is 11.4. The van der Waals surface area contributed by atoms with Gasteiger partial charge in [0.2, 0.25) is 0 Å². The molecule has 0 N–H and O–H groups in total. The van der Waals surface area contributed by atoms with Crippen LogP contribution in [0.3, 0.4) is 0 Å². The molecule has 2 nitrogen and oxygen atoms in total. The molecule has 16 heavy (non-hydrogen) atoms. The molecular formula is C12H15Br2NO. The van der Waals surface area contributed by atoms with Crippen LogP contribution >= 0.6 is 31.9 Å². The Kier molecular flexibility index (Phi) is 4.39. The maximum Gasteiger partial charge on any atom is 0.0471 e. The molecule has 2 rings (SSSR count). The Hall–Kier alpha value is 0.0700. The van der Waals surface area contributed by atoms with Crippen molar-refractivity contribution < 1.29 is 4.74 Å². The predicted molar refractivity (Wildman–Crippen MR) is 71.9 cm³/mol. The molecule has 0 aliphatic carbocycles. The maximum absolute atomic E-state index is 5.43. The van der Waals surface area contributed by atoms with Gasteiger partial charge in [-0.3, -0.25) is 4.98 Å². The van der Waals surface area contributed by atoms with Crippen LogP contribution < -0.4 is 0 Å². The van der Waals surface area contributed by atoms with Gasteiger partial charge in [0.05, 0.1) is 0 Å². The van der Waals surface area contributed by atoms with Crippen LogP contribution in [-0.2, 0) is 11.2 Å². The fourth-order valence-electron chi connectivity index (χ4n) is 2.06. The second-order valence-electron chi connectivity index (χ2n) is 4.39. The highest BCUT2D eigenvalue weighted by Crippen LogP contribution is 2.35. The van der Waals surface area contributed by atoms with Gasteiger partial charge in [-0.05, 0) is 52.7 Å². The van der Waals surface area contributed by atoms with Crippen molar-refractivity contribution in [1.82, 2.24) is 4.98 Å². The minimum Gasteiger partial charge on any atom is -0.381 e. The zero-order valence-corrected chi connectivity index (χ0v) is 12.3. The van der Waals surface area contributed by atoms with Gasteiger partial charge >= 0.3 is 0 Å². The molecule has 4 heteroatoms. The number of rotatable bonds is 3. The van der Waals surface area contributed by atoms with Gasteiger partial charge in [0.1, 0.15) is 0 Å². The quantitative estimate of drug-likeness (QED) is 0.779. The second kappa shape index (κ2) is 5.61. The topological polar surface area (TPSA) is 22.1 Å². The zero-order valence-electron chi connectivity index (χ0n) is 9.09. The van der Waals surface area contributed by atoms with Gasteiger partial charge < -0.3 is 4.74 Å². The van der Waals surface area contributed by atoms with Crippen LogP contribution in [0.2, 0.25) is 0 Å². The first kappa shape index (κ1) is 12.5. The molecule has 1 saturated heterocycles. The van der Waals surface area contributed by atoms with E-state index in [0.717, 1.165) is 42.3 Å². The summed E-state index contributed by atoms with van der Waals surface area (Å²) in [5.41, 5.74) is 1.50. The summed E-state index contributed by atoms with van der Waals surface area (Å²) in [5.74, 6) is 0. The fraction of sp³-hybridized carbons (Fsp3) is 0.583. The van der Waals surface area contributed by atoms with Crippen LogP contribution in [-0.4, -0.2) is 23.5 Å². The standard InChI is InChI=1S/C12H15Br2NO/c13-9-12(3-5-16-6-4-12)7-11-2-1-10(14)8-15-11/h1-2,8H,3-7,9H2. The minimum atomic E-state index is 0.332. The first-order chi connectivity index (χ1) is 7.74. The highest BCUT2D eigenvalue weighted by Gasteiger charge is 2.32. The third-order valence-electron chi connectivity index (χ3n) is 3.18. The Balaban J connectivity index is 2.08. The summed E-state index contributed by atoms with van der Waals surface area (Å²) in [6.45, 7) is 1.75. The van der Waals surface area contributed by atoms with Crippen molar-refractivity contribution in [3.8, 4) is 0 Å². The molecule has 0 unspecified atom stereocenters. The number of hydrogen-bond acceptors (Lipinski definition) is 2. The van der Waals surface area contributed by atoms with Crippen molar-refractivity contribution in [2.75, 3.05) is 18.5 Å². The van der Waals surface area contributed by atoms with Gasteiger partial charge in [-0.15, -0.1) is 0 Å². The molecule has 1 aliphatic heterocycles. The molecule has 0 amide bonds. The van der Waals surface area contributed by atoms with Crippen molar-refractivity contribution in [1.29, 1.82) is 0 Å². The van der Waals surface area contributed by atoms with Crippen molar-refractivity contribution in [3.05, 3.63) is 28.5 Å². The summed E-state index contributed by atoms with van der Waals surface area (Å²) in [7, 11) is 0. The van der Waals surface area contributed by atoms with E-state index in [4.69, 9.17) is 4.74 Å². The molecular weight excluding hydrogens is 334 g/mol. The van der Waals surface area contributed by atoms with Crippen LogP contribution in [0.25, 0.3) is 0 Å². The summed E-state index contributed by atoms with van der Waals surface area (Å²) >= 11 is 7.06. The summed E-state index contributed by atoms with van der Waals surface area (Å²) in [6, 6.07) is 4.16. The van der Waals surface area contributed by atoms with Gasteiger partial charge in [-0.1, -0.05) is 15.9 Å². The van der Waals surface area contributed by atoms with E-state index in [-0.39, 0.29) is 0 Å². The Labute approximate surface area is 113 Å². The van der Waals surface area contributed by atoms with Crippen LogP contribution in [0.15, 0.2) is 22.8 Å². The Bertz CT molecular complexity index is 333. The lowest BCUT2D eigenvalue weighted by Crippen LogP contribution is -2.33. The van der Waals surface area contributed by atoms with Gasteiger partial charge in [-0.25, -0.2) is 0 Å². The molecule has 0 aromatic carbocycles. The van der Waals surface area contributed by atoms with Crippen molar-refractivity contribution in [2.45, 2.75) is 19.3 Å². The van der Waals surface area contributed by atoms with E-state index in [0.29, 0.717) is 5.41 Å². The number of halogens is 2. The molecule has 1 aromatic heterocycles. The number of alkyl halides is 1. The summed E-state index contributed by atoms with van der Waals surface area (Å²) in [5, 5.41) is 1.03. The van der Waals surface area contributed by atoms with Gasteiger partial charge in [0.15, 0.2) is 0 Å². The molecule has 0 bridgehead atoms. The molecule has 1 aliphatic rings. The molecule has 0 radical (unpaired) electrons. The van der Waals surface area contributed by atoms with Gasteiger partial charge in [0, 0.05) is 34.9 Å². The molecule has 0 saturated carbocycles. The smallest absolute Gasteiger partial charge is 0.0471 e. The highest BCUT2D eigenvalue weighted by molar-refractivity contribution is 9.10. The molecule has 1 aromatic rings. The largest absolute Gasteiger partial charge is 0.381 e. The van der Waals surface area contributed by atoms with Gasteiger partial charge in [-0.2, -0.15) is 0 Å². The van der Waals surface area contributed by atoms with E-state index in [1.165, 1.54) is 5.69 Å². The Morgan fingerprint density at radius 3 is 2.62 bits per heavy atom. The molecule has 1 fully saturated rings. The summed E-state index contributed by atoms with van der Waals surface area (Å²) in [4.78, 5) is 4.46. The summed E-state index contributed by atoms with van der Waals surface area (Å²) in [6.07, 6.45) is 5.15. The average molecular weight is 349 g/mol. The number of hydrogen-bond donors (Lipinski definition) is 0. The lowest BCUT2D eigenvalue weighted by Gasteiger charge is -2.35. The first-order valence-corrected chi connectivity index (χ1v) is 7.40. The lowest BCUT2D eigenvalue weighted by atomic mass is 9.78. The predicted octanol–water partition coefficient (Wildman–Crippen LogP) is 3.58. The van der Waals surface area contributed by atoms with Gasteiger partial charge in [0.25, 0.3) is 0 Å². The fourth-order valence-corrected chi connectivity index (χ4v) is 3.05. The molecule has 88 valence electrons. The van der Waals surface area contributed by atoms with Crippen molar-refractivity contribution in [2.24, 2.45) is 5.41 Å². The normalized spacial score (nSPS) is 19.6. The Morgan fingerprint density at radius 1 is 1.31 bits per heavy atom. The average Bonchev–Trinajstić information content (AvgIpc) is 2.33.